The molecule has 2 fully saturated rings. The molecule has 0 N–H and O–H groups in total. The molecule has 0 spiro atoms. The third-order valence-corrected chi connectivity index (χ3v) is 9.08. The van der Waals surface area contributed by atoms with Crippen LogP contribution in [0.1, 0.15) is 33.6 Å². The SMILES string of the molecule is CC12CCC(C([Se]C(=[Se])C(F)(F)F)C1=O)C2(C)C. The minimum atomic E-state index is -4.30. The summed E-state index contributed by atoms with van der Waals surface area (Å²) in [5.41, 5.74) is -0.585. The van der Waals surface area contributed by atoms with Crippen LogP contribution in [0.3, 0.4) is 0 Å². The van der Waals surface area contributed by atoms with Gasteiger partial charge in [0.05, 0.1) is 0 Å². The zero-order valence-electron chi connectivity index (χ0n) is 10.4. The van der Waals surface area contributed by atoms with Crippen molar-refractivity contribution in [3.8, 4) is 0 Å². The fourth-order valence-corrected chi connectivity index (χ4v) is 7.33. The topological polar surface area (TPSA) is 17.1 Å². The summed E-state index contributed by atoms with van der Waals surface area (Å²) >= 11 is 1.32. The molecule has 0 aromatic rings. The number of rotatable bonds is 2. The third-order valence-electron chi connectivity index (χ3n) is 4.94. The number of carbonyl (C=O) groups is 1. The molecular weight excluding hydrogens is 375 g/mol. The molecule has 2 bridgehead atoms. The van der Waals surface area contributed by atoms with E-state index in [0.29, 0.717) is 0 Å². The summed E-state index contributed by atoms with van der Waals surface area (Å²) in [4.78, 5) is 12.0. The summed E-state index contributed by atoms with van der Waals surface area (Å²) in [6, 6.07) is 0. The number of alkyl halides is 3. The van der Waals surface area contributed by atoms with Crippen molar-refractivity contribution in [1.82, 2.24) is 0 Å². The van der Waals surface area contributed by atoms with E-state index in [-0.39, 0.29) is 17.1 Å². The van der Waals surface area contributed by atoms with Gasteiger partial charge in [0.25, 0.3) is 0 Å². The van der Waals surface area contributed by atoms with Crippen LogP contribution < -0.4 is 0 Å². The molecule has 3 atom stereocenters. The van der Waals surface area contributed by atoms with E-state index in [1.807, 2.05) is 20.8 Å². The number of carbonyl (C=O) groups excluding carboxylic acids is 1. The van der Waals surface area contributed by atoms with Gasteiger partial charge in [-0.2, -0.15) is 0 Å². The van der Waals surface area contributed by atoms with Crippen LogP contribution in [0.2, 0.25) is 4.82 Å². The molecule has 2 rings (SSSR count). The van der Waals surface area contributed by atoms with Gasteiger partial charge in [-0.05, 0) is 0 Å². The number of hydrogen-bond donors (Lipinski definition) is 0. The molecule has 0 heterocycles. The molecule has 0 aromatic heterocycles. The first-order valence-electron chi connectivity index (χ1n) is 5.84. The van der Waals surface area contributed by atoms with Gasteiger partial charge in [0.2, 0.25) is 0 Å². The van der Waals surface area contributed by atoms with Crippen LogP contribution >= 0.6 is 0 Å². The zero-order valence-corrected chi connectivity index (χ0v) is 13.9. The summed E-state index contributed by atoms with van der Waals surface area (Å²) in [7, 11) is 0. The molecular formula is C12H15F3OSe2. The Bertz CT molecular complexity index is 416. The average molecular weight is 390 g/mol. The van der Waals surface area contributed by atoms with E-state index < -0.39 is 34.7 Å². The number of ketones is 1. The molecule has 2 saturated carbocycles. The minimum absolute atomic E-state index is 0.0563. The second-order valence-corrected chi connectivity index (χ2v) is 10.5. The summed E-state index contributed by atoms with van der Waals surface area (Å²) in [5.74, 6) is 0.168. The van der Waals surface area contributed by atoms with E-state index >= 15 is 0 Å². The second kappa shape index (κ2) is 4.18. The quantitative estimate of drug-likeness (QED) is 0.662. The third kappa shape index (κ3) is 1.88. The summed E-state index contributed by atoms with van der Waals surface area (Å²) in [5, 5.41) is 0. The van der Waals surface area contributed by atoms with Crippen molar-refractivity contribution in [3.05, 3.63) is 0 Å². The zero-order chi connectivity index (χ0) is 13.9. The van der Waals surface area contributed by atoms with Crippen molar-refractivity contribution in [1.29, 1.82) is 0 Å². The molecule has 2 aliphatic carbocycles. The second-order valence-electron chi connectivity index (χ2n) is 5.89. The van der Waals surface area contributed by atoms with Crippen LogP contribution in [0, 0.1) is 16.7 Å². The van der Waals surface area contributed by atoms with Crippen LogP contribution in [0.25, 0.3) is 0 Å². The standard InChI is InChI=1S/C12H15F3OSe2/c1-10(2)6-4-5-11(10,3)8(16)7(6)18-9(17)12(13,14)15/h6-7H,4-5H2,1-3H3. The van der Waals surface area contributed by atoms with Gasteiger partial charge < -0.3 is 0 Å². The average Bonchev–Trinajstić information content (AvgIpc) is 2.51. The Morgan fingerprint density at radius 1 is 1.39 bits per heavy atom. The maximum atomic E-state index is 12.6. The fourth-order valence-electron chi connectivity index (χ4n) is 3.32. The molecule has 0 aliphatic heterocycles. The van der Waals surface area contributed by atoms with E-state index in [9.17, 15) is 18.0 Å². The van der Waals surface area contributed by atoms with E-state index in [1.165, 1.54) is 0 Å². The van der Waals surface area contributed by atoms with Gasteiger partial charge >= 0.3 is 119 Å². The Balaban J connectivity index is 2.24. The first kappa shape index (κ1) is 14.8. The number of hydrogen-bond acceptors (Lipinski definition) is 1. The number of fused-ring (bicyclic) bond motifs is 2. The number of halogens is 3. The maximum absolute atomic E-state index is 12.6. The molecule has 0 amide bonds. The summed E-state index contributed by atoms with van der Waals surface area (Å²) < 4.78 is 37.2. The first-order chi connectivity index (χ1) is 8.02. The molecule has 18 heavy (non-hydrogen) atoms. The number of Topliss-reactive ketones (excluding diaryl/α,β-unsaturated/α-hetero) is 1. The summed E-state index contributed by atoms with van der Waals surface area (Å²) in [6.45, 7) is 5.99. The molecule has 102 valence electrons. The molecule has 3 unspecified atom stereocenters. The van der Waals surface area contributed by atoms with E-state index in [0.717, 1.165) is 12.8 Å². The Morgan fingerprint density at radius 3 is 2.33 bits per heavy atom. The normalized spacial score (nSPS) is 38.2. The van der Waals surface area contributed by atoms with Crippen molar-refractivity contribution in [2.45, 2.75) is 44.6 Å². The molecule has 0 aromatic carbocycles. The van der Waals surface area contributed by atoms with Gasteiger partial charge in [0, 0.05) is 0 Å². The van der Waals surface area contributed by atoms with Crippen molar-refractivity contribution in [3.63, 3.8) is 0 Å². The molecule has 2 aliphatic rings. The van der Waals surface area contributed by atoms with E-state index in [1.54, 1.807) is 0 Å². The van der Waals surface area contributed by atoms with E-state index in [2.05, 4.69) is 15.6 Å². The Hall–Kier alpha value is 0.369. The van der Waals surface area contributed by atoms with Crippen LogP contribution in [0.15, 0.2) is 0 Å². The van der Waals surface area contributed by atoms with Crippen LogP contribution in [-0.2, 0) is 4.79 Å². The monoisotopic (exact) mass is 392 g/mol. The van der Waals surface area contributed by atoms with Gasteiger partial charge in [0.1, 0.15) is 0 Å². The van der Waals surface area contributed by atoms with Gasteiger partial charge in [-0.25, -0.2) is 0 Å². The van der Waals surface area contributed by atoms with Crippen molar-refractivity contribution in [2.75, 3.05) is 0 Å². The fraction of sp³-hybridized carbons (Fsp3) is 0.833. The van der Waals surface area contributed by atoms with Gasteiger partial charge in [-0.15, -0.1) is 0 Å². The van der Waals surface area contributed by atoms with Crippen LogP contribution in [0.5, 0.6) is 0 Å². The predicted molar refractivity (Wildman–Crippen MR) is 65.9 cm³/mol. The van der Waals surface area contributed by atoms with Gasteiger partial charge in [-0.1, -0.05) is 0 Å². The van der Waals surface area contributed by atoms with E-state index in [4.69, 9.17) is 0 Å². The molecule has 0 saturated heterocycles. The van der Waals surface area contributed by atoms with Crippen LogP contribution in [0.4, 0.5) is 13.2 Å². The Morgan fingerprint density at radius 2 is 1.94 bits per heavy atom. The first-order valence-corrected chi connectivity index (χ1v) is 8.54. The van der Waals surface area contributed by atoms with Crippen molar-refractivity contribution >= 4 is 39.6 Å². The Kier molecular flexibility index (Phi) is 3.43. The molecule has 1 nitrogen and oxygen atoms in total. The Labute approximate surface area is 119 Å². The summed E-state index contributed by atoms with van der Waals surface area (Å²) in [6.07, 6.45) is -2.59. The van der Waals surface area contributed by atoms with Crippen molar-refractivity contribution in [2.24, 2.45) is 16.7 Å². The molecule has 6 heteroatoms. The molecule has 0 radical (unpaired) electrons. The van der Waals surface area contributed by atoms with Gasteiger partial charge in [0.15, 0.2) is 0 Å². The van der Waals surface area contributed by atoms with Crippen molar-refractivity contribution < 1.29 is 18.0 Å². The van der Waals surface area contributed by atoms with Gasteiger partial charge in [-0.3, -0.25) is 0 Å². The predicted octanol–water partition coefficient (Wildman–Crippen LogP) is 2.37. The van der Waals surface area contributed by atoms with Crippen LogP contribution in [-0.4, -0.2) is 45.8 Å².